The summed E-state index contributed by atoms with van der Waals surface area (Å²) in [5.41, 5.74) is 9.63. The summed E-state index contributed by atoms with van der Waals surface area (Å²) in [4.78, 5) is 56.8. The number of anilines is 1. The molecule has 0 spiro atoms. The molecular weight excluding hydrogens is 624 g/mol. The zero-order valence-electron chi connectivity index (χ0n) is 26.3. The molecule has 0 unspecified atom stereocenters. The number of nitrogens with two attached hydrogens (primary N) is 1. The zero-order valence-corrected chi connectivity index (χ0v) is 27.0. The molecule has 2 fully saturated rings. The third-order valence-electron chi connectivity index (χ3n) is 8.69. The van der Waals surface area contributed by atoms with Gasteiger partial charge in [-0.1, -0.05) is 17.7 Å². The third kappa shape index (κ3) is 6.93. The lowest BCUT2D eigenvalue weighted by molar-refractivity contribution is -0.138. The van der Waals surface area contributed by atoms with E-state index in [4.69, 9.17) is 22.1 Å². The van der Waals surface area contributed by atoms with Crippen molar-refractivity contribution in [1.82, 2.24) is 45.2 Å². The maximum absolute atomic E-state index is 13.3. The number of methoxy groups -OCH3 is 1. The number of aromatic nitrogens is 5. The van der Waals surface area contributed by atoms with Gasteiger partial charge in [-0.05, 0) is 62.8 Å². The van der Waals surface area contributed by atoms with E-state index in [-0.39, 0.29) is 30.1 Å². The number of hydrogen-bond acceptors (Lipinski definition) is 9. The van der Waals surface area contributed by atoms with Crippen molar-refractivity contribution in [3.8, 4) is 28.5 Å². The van der Waals surface area contributed by atoms with Crippen LogP contribution in [0.3, 0.4) is 0 Å². The number of aromatic amines is 2. The normalized spacial score (nSPS) is 15.9. The van der Waals surface area contributed by atoms with Crippen LogP contribution in [0.1, 0.15) is 39.4 Å². The lowest BCUT2D eigenvalue weighted by Crippen LogP contribution is -2.52. The molecule has 14 nitrogen and oxygen atoms in total. The number of rotatable bonds is 8. The van der Waals surface area contributed by atoms with Crippen LogP contribution >= 0.6 is 11.6 Å². The fraction of sp³-hybridized carbons (Fsp3) is 0.375. The maximum Gasteiger partial charge on any atom is 0.287 e. The van der Waals surface area contributed by atoms with E-state index in [1.807, 2.05) is 4.90 Å². The molecule has 0 saturated carbocycles. The standard InChI is InChI=1S/C32H37ClN10O4/c1-41-9-7-20(8-10-41)31(45)42-11-13-43(14-12-42)32(46)22-5-3-19(15-23(22)33)16-37-29(44)28-36-18-25(38-28)26-27(39-40-30(26)47-2)24-6-4-21(34)17-35-24/h3-6,15,17-18,20H,7-14,16,34H2,1-2H3,(H,36,38)(H,37,44)(H,39,40). The molecule has 2 aliphatic heterocycles. The first-order valence-corrected chi connectivity index (χ1v) is 15.8. The lowest BCUT2D eigenvalue weighted by Gasteiger charge is -2.38. The molecular formula is C32H37ClN10O4. The highest BCUT2D eigenvalue weighted by molar-refractivity contribution is 6.33. The van der Waals surface area contributed by atoms with E-state index in [2.05, 4.69) is 42.4 Å². The van der Waals surface area contributed by atoms with Crippen molar-refractivity contribution < 1.29 is 19.1 Å². The molecule has 0 aliphatic carbocycles. The molecule has 3 amide bonds. The Morgan fingerprint density at radius 3 is 2.45 bits per heavy atom. The number of nitrogen functional groups attached to an aromatic ring is 1. The second-order valence-electron chi connectivity index (χ2n) is 11.8. The number of imidazole rings is 1. The first-order valence-electron chi connectivity index (χ1n) is 15.4. The fourth-order valence-electron chi connectivity index (χ4n) is 5.95. The number of carbonyl (C=O) groups excluding carboxylic acids is 3. The number of pyridine rings is 1. The van der Waals surface area contributed by atoms with Crippen molar-refractivity contribution in [2.24, 2.45) is 5.92 Å². The fourth-order valence-corrected chi connectivity index (χ4v) is 6.23. The lowest BCUT2D eigenvalue weighted by atomic mass is 9.95. The summed E-state index contributed by atoms with van der Waals surface area (Å²) in [6.45, 7) is 3.97. The number of piperazine rings is 1. The van der Waals surface area contributed by atoms with Crippen molar-refractivity contribution in [1.29, 1.82) is 0 Å². The molecule has 0 radical (unpaired) electrons. The quantitative estimate of drug-likeness (QED) is 0.221. The number of nitrogens with zero attached hydrogens (tertiary/aromatic N) is 6. The van der Waals surface area contributed by atoms with E-state index in [9.17, 15) is 14.4 Å². The summed E-state index contributed by atoms with van der Waals surface area (Å²) < 4.78 is 5.42. The molecule has 5 heterocycles. The maximum atomic E-state index is 13.3. The van der Waals surface area contributed by atoms with E-state index in [1.54, 1.807) is 35.2 Å². The van der Waals surface area contributed by atoms with Gasteiger partial charge < -0.3 is 35.5 Å². The molecule has 0 bridgehead atoms. The van der Waals surface area contributed by atoms with Crippen LogP contribution in [0.4, 0.5) is 5.69 Å². The highest BCUT2D eigenvalue weighted by atomic mass is 35.5. The molecule has 1 aromatic carbocycles. The van der Waals surface area contributed by atoms with E-state index in [0.29, 0.717) is 76.5 Å². The summed E-state index contributed by atoms with van der Waals surface area (Å²) in [6.07, 6.45) is 4.81. The van der Waals surface area contributed by atoms with Gasteiger partial charge in [0.2, 0.25) is 11.8 Å². The topological polar surface area (TPSA) is 178 Å². The van der Waals surface area contributed by atoms with E-state index >= 15 is 0 Å². The van der Waals surface area contributed by atoms with Crippen LogP contribution in [-0.2, 0) is 11.3 Å². The number of H-pyrrole nitrogens is 2. The highest BCUT2D eigenvalue weighted by Gasteiger charge is 2.31. The molecule has 2 aliphatic rings. The molecule has 6 rings (SSSR count). The predicted octanol–water partition coefficient (Wildman–Crippen LogP) is 2.66. The summed E-state index contributed by atoms with van der Waals surface area (Å²) in [7, 11) is 3.57. The van der Waals surface area contributed by atoms with Crippen molar-refractivity contribution in [3.63, 3.8) is 0 Å². The number of benzene rings is 1. The number of ether oxygens (including phenoxy) is 1. The molecule has 3 aromatic heterocycles. The van der Waals surface area contributed by atoms with Gasteiger partial charge in [0.1, 0.15) is 0 Å². The Morgan fingerprint density at radius 1 is 1.02 bits per heavy atom. The number of carbonyl (C=O) groups is 3. The van der Waals surface area contributed by atoms with Crippen LogP contribution in [0.25, 0.3) is 22.6 Å². The average Bonchev–Trinajstić information content (AvgIpc) is 3.75. The number of halogens is 1. The Kier molecular flexibility index (Phi) is 9.41. The van der Waals surface area contributed by atoms with Gasteiger partial charge in [0.15, 0.2) is 5.82 Å². The predicted molar refractivity (Wildman–Crippen MR) is 176 cm³/mol. The Hall–Kier alpha value is -4.95. The van der Waals surface area contributed by atoms with Gasteiger partial charge in [0, 0.05) is 38.6 Å². The molecule has 5 N–H and O–H groups in total. The number of nitrogens with one attached hydrogen (secondary N) is 3. The van der Waals surface area contributed by atoms with Crippen LogP contribution in [0.15, 0.2) is 42.7 Å². The Morgan fingerprint density at radius 2 is 1.77 bits per heavy atom. The molecule has 4 aromatic rings. The third-order valence-corrected chi connectivity index (χ3v) is 9.01. The number of likely N-dealkylation sites (tertiary alicyclic amines) is 1. The van der Waals surface area contributed by atoms with Crippen molar-refractivity contribution >= 4 is 35.0 Å². The van der Waals surface area contributed by atoms with Gasteiger partial charge in [0.05, 0.1) is 58.4 Å². The van der Waals surface area contributed by atoms with Gasteiger partial charge >= 0.3 is 0 Å². The van der Waals surface area contributed by atoms with Gasteiger partial charge in [-0.3, -0.25) is 24.5 Å². The SMILES string of the molecule is COc1n[nH]c(-c2ccc(N)cn2)c1-c1cnc(C(=O)NCc2ccc(C(=O)N3CCN(C(=O)C4CCN(C)CC4)CC3)c(Cl)c2)[nH]1. The van der Waals surface area contributed by atoms with Crippen molar-refractivity contribution in [2.45, 2.75) is 19.4 Å². The second-order valence-corrected chi connectivity index (χ2v) is 12.2. The monoisotopic (exact) mass is 660 g/mol. The second kappa shape index (κ2) is 13.8. The summed E-state index contributed by atoms with van der Waals surface area (Å²) in [6, 6.07) is 8.58. The van der Waals surface area contributed by atoms with Crippen LogP contribution in [0.2, 0.25) is 5.02 Å². The first kappa shape index (κ1) is 32.0. The van der Waals surface area contributed by atoms with E-state index in [1.165, 1.54) is 19.5 Å². The minimum absolute atomic E-state index is 0.0662. The minimum atomic E-state index is -0.435. The highest BCUT2D eigenvalue weighted by Crippen LogP contribution is 2.35. The van der Waals surface area contributed by atoms with Gasteiger partial charge in [-0.15, -0.1) is 5.10 Å². The largest absolute Gasteiger partial charge is 0.479 e. The zero-order chi connectivity index (χ0) is 33.1. The molecule has 15 heteroatoms. The average molecular weight is 661 g/mol. The summed E-state index contributed by atoms with van der Waals surface area (Å²) in [5.74, 6) is 0.0451. The van der Waals surface area contributed by atoms with Crippen molar-refractivity contribution in [3.05, 3.63) is 64.7 Å². The Bertz CT molecular complexity index is 1760. The molecule has 0 atom stereocenters. The number of hydrogen-bond donors (Lipinski definition) is 4. The Labute approximate surface area is 276 Å². The summed E-state index contributed by atoms with van der Waals surface area (Å²) in [5, 5.41) is 10.2. The minimum Gasteiger partial charge on any atom is -0.479 e. The molecule has 2 saturated heterocycles. The molecule has 246 valence electrons. The first-order chi connectivity index (χ1) is 22.7. The van der Waals surface area contributed by atoms with Gasteiger partial charge in [-0.2, -0.15) is 0 Å². The van der Waals surface area contributed by atoms with Gasteiger partial charge in [-0.25, -0.2) is 4.98 Å². The van der Waals surface area contributed by atoms with Crippen LogP contribution in [-0.4, -0.2) is 111 Å². The Balaban J connectivity index is 1.05. The molecule has 47 heavy (non-hydrogen) atoms. The van der Waals surface area contributed by atoms with Crippen LogP contribution in [0, 0.1) is 5.92 Å². The number of piperidine rings is 1. The summed E-state index contributed by atoms with van der Waals surface area (Å²) >= 11 is 6.55. The van der Waals surface area contributed by atoms with Crippen LogP contribution in [0.5, 0.6) is 5.88 Å². The van der Waals surface area contributed by atoms with Crippen LogP contribution < -0.4 is 15.8 Å². The van der Waals surface area contributed by atoms with E-state index < -0.39 is 5.91 Å². The van der Waals surface area contributed by atoms with E-state index in [0.717, 1.165) is 25.9 Å². The smallest absolute Gasteiger partial charge is 0.287 e. The van der Waals surface area contributed by atoms with Crippen molar-refractivity contribution in [2.75, 3.05) is 59.2 Å². The van der Waals surface area contributed by atoms with Gasteiger partial charge in [0.25, 0.3) is 11.8 Å². The number of amides is 3.